The van der Waals surface area contributed by atoms with Crippen LogP contribution in [0.1, 0.15) is 5.56 Å². The summed E-state index contributed by atoms with van der Waals surface area (Å²) in [6, 6.07) is 5.98. The summed E-state index contributed by atoms with van der Waals surface area (Å²) in [5.41, 5.74) is 7.47. The Labute approximate surface area is 91.8 Å². The third-order valence-electron chi connectivity index (χ3n) is 2.17. The van der Waals surface area contributed by atoms with E-state index in [9.17, 15) is 4.39 Å². The highest BCUT2D eigenvalue weighted by Gasteiger charge is 2.10. The van der Waals surface area contributed by atoms with E-state index >= 15 is 0 Å². The smallest absolute Gasteiger partial charge is 0.222 e. The Morgan fingerprint density at radius 3 is 2.88 bits per heavy atom. The second-order valence-electron chi connectivity index (χ2n) is 3.35. The van der Waals surface area contributed by atoms with Gasteiger partial charge in [0.15, 0.2) is 0 Å². The fourth-order valence-corrected chi connectivity index (χ4v) is 1.50. The van der Waals surface area contributed by atoms with Crippen LogP contribution in [0.3, 0.4) is 0 Å². The summed E-state index contributed by atoms with van der Waals surface area (Å²) in [5.74, 6) is -0.0880. The summed E-state index contributed by atoms with van der Waals surface area (Å²) >= 11 is 0. The Morgan fingerprint density at radius 2 is 2.25 bits per heavy atom. The van der Waals surface area contributed by atoms with Crippen molar-refractivity contribution in [2.45, 2.75) is 6.61 Å². The maximum Gasteiger partial charge on any atom is 0.222 e. The van der Waals surface area contributed by atoms with Gasteiger partial charge in [0.05, 0.1) is 6.61 Å². The molecule has 0 bridgehead atoms. The van der Waals surface area contributed by atoms with Gasteiger partial charge < -0.3 is 15.0 Å². The van der Waals surface area contributed by atoms with Crippen molar-refractivity contribution in [3.8, 4) is 11.3 Å². The predicted molar refractivity (Wildman–Crippen MR) is 57.0 cm³/mol. The molecule has 0 atom stereocenters. The molecule has 4 nitrogen and oxygen atoms in total. The minimum atomic E-state index is -0.313. The number of nitrogen functional groups attached to an aromatic ring is 1. The van der Waals surface area contributed by atoms with E-state index in [2.05, 4.69) is 5.16 Å². The van der Waals surface area contributed by atoms with Crippen LogP contribution in [-0.2, 0) is 11.3 Å². The lowest BCUT2D eigenvalue weighted by Crippen LogP contribution is -1.93. The lowest BCUT2D eigenvalue weighted by atomic mass is 10.1. The molecule has 2 aromatic rings. The summed E-state index contributed by atoms with van der Waals surface area (Å²) in [6.45, 7) is 0.305. The fraction of sp³-hybridized carbons (Fsp3) is 0.182. The van der Waals surface area contributed by atoms with Crippen LogP contribution < -0.4 is 5.73 Å². The van der Waals surface area contributed by atoms with Crippen LogP contribution >= 0.6 is 0 Å². The Morgan fingerprint density at radius 1 is 1.44 bits per heavy atom. The minimum absolute atomic E-state index is 0.225. The van der Waals surface area contributed by atoms with Crippen LogP contribution in [-0.4, -0.2) is 12.3 Å². The number of aromatic nitrogens is 1. The Balaban J connectivity index is 2.47. The molecule has 0 saturated carbocycles. The lowest BCUT2D eigenvalue weighted by molar-refractivity contribution is 0.185. The third kappa shape index (κ3) is 2.04. The van der Waals surface area contributed by atoms with Crippen LogP contribution in [0.15, 0.2) is 28.8 Å². The molecule has 0 radical (unpaired) electrons. The zero-order valence-electron chi connectivity index (χ0n) is 8.74. The average Bonchev–Trinajstić information content (AvgIpc) is 2.65. The van der Waals surface area contributed by atoms with E-state index in [1.165, 1.54) is 12.1 Å². The van der Waals surface area contributed by atoms with Crippen LogP contribution in [0.5, 0.6) is 0 Å². The van der Waals surface area contributed by atoms with E-state index in [1.54, 1.807) is 19.2 Å². The highest BCUT2D eigenvalue weighted by atomic mass is 19.1. The van der Waals surface area contributed by atoms with Gasteiger partial charge in [0.2, 0.25) is 5.88 Å². The quantitative estimate of drug-likeness (QED) is 0.864. The topological polar surface area (TPSA) is 61.3 Å². The van der Waals surface area contributed by atoms with Crippen molar-refractivity contribution in [1.82, 2.24) is 5.16 Å². The van der Waals surface area contributed by atoms with E-state index in [0.717, 1.165) is 5.56 Å². The van der Waals surface area contributed by atoms with Gasteiger partial charge in [-0.2, -0.15) is 0 Å². The zero-order valence-corrected chi connectivity index (χ0v) is 8.74. The second kappa shape index (κ2) is 4.32. The molecule has 84 valence electrons. The Hall–Kier alpha value is -1.88. The number of benzene rings is 1. The first-order valence-corrected chi connectivity index (χ1v) is 4.70. The molecule has 0 saturated heterocycles. The molecule has 2 N–H and O–H groups in total. The molecule has 0 aliphatic rings. The van der Waals surface area contributed by atoms with Crippen LogP contribution in [0.25, 0.3) is 11.3 Å². The number of methoxy groups -OCH3 is 1. The van der Waals surface area contributed by atoms with Gasteiger partial charge in [0.25, 0.3) is 0 Å². The van der Waals surface area contributed by atoms with Crippen molar-refractivity contribution in [1.29, 1.82) is 0 Å². The molecule has 1 aromatic heterocycles. The lowest BCUT2D eigenvalue weighted by Gasteiger charge is -2.05. The standard InChI is InChI=1S/C11H11FN2O2/c1-15-6-7-4-8(12)2-3-9(7)10-5-11(13)16-14-10/h2-5H,6,13H2,1H3. The van der Waals surface area contributed by atoms with E-state index in [1.807, 2.05) is 0 Å². The van der Waals surface area contributed by atoms with Crippen LogP contribution in [0.4, 0.5) is 10.3 Å². The van der Waals surface area contributed by atoms with Crippen molar-refractivity contribution in [2.75, 3.05) is 12.8 Å². The number of nitrogens with zero attached hydrogens (tertiary/aromatic N) is 1. The first-order valence-electron chi connectivity index (χ1n) is 4.70. The van der Waals surface area contributed by atoms with E-state index in [-0.39, 0.29) is 11.7 Å². The zero-order chi connectivity index (χ0) is 11.5. The van der Waals surface area contributed by atoms with Gasteiger partial charge >= 0.3 is 0 Å². The molecule has 2 rings (SSSR count). The number of hydrogen-bond donors (Lipinski definition) is 1. The Bertz CT molecular complexity index is 496. The van der Waals surface area contributed by atoms with Crippen LogP contribution in [0.2, 0.25) is 0 Å². The Kier molecular flexibility index (Phi) is 2.87. The van der Waals surface area contributed by atoms with Crippen molar-refractivity contribution in [3.63, 3.8) is 0 Å². The highest BCUT2D eigenvalue weighted by molar-refractivity contribution is 5.65. The maximum atomic E-state index is 13.1. The number of ether oxygens (including phenoxy) is 1. The number of halogens is 1. The van der Waals surface area contributed by atoms with Gasteiger partial charge in [-0.1, -0.05) is 5.16 Å². The predicted octanol–water partition coefficient (Wildman–Crippen LogP) is 2.21. The van der Waals surface area contributed by atoms with Crippen molar-refractivity contribution in [2.24, 2.45) is 0 Å². The maximum absolute atomic E-state index is 13.1. The molecular weight excluding hydrogens is 211 g/mol. The van der Waals surface area contributed by atoms with E-state index in [4.69, 9.17) is 15.0 Å². The fourth-order valence-electron chi connectivity index (χ4n) is 1.50. The second-order valence-corrected chi connectivity index (χ2v) is 3.35. The molecule has 16 heavy (non-hydrogen) atoms. The van der Waals surface area contributed by atoms with E-state index in [0.29, 0.717) is 17.9 Å². The summed E-state index contributed by atoms with van der Waals surface area (Å²) < 4.78 is 22.8. The molecular formula is C11H11FN2O2. The van der Waals surface area contributed by atoms with Gasteiger partial charge in [0, 0.05) is 18.7 Å². The van der Waals surface area contributed by atoms with Crippen molar-refractivity contribution < 1.29 is 13.7 Å². The molecule has 1 heterocycles. The third-order valence-corrected chi connectivity index (χ3v) is 2.17. The summed E-state index contributed by atoms with van der Waals surface area (Å²) in [7, 11) is 1.55. The number of hydrogen-bond acceptors (Lipinski definition) is 4. The highest BCUT2D eigenvalue weighted by Crippen LogP contribution is 2.25. The normalized spacial score (nSPS) is 10.6. The summed E-state index contributed by atoms with van der Waals surface area (Å²) in [5, 5.41) is 3.78. The molecule has 1 aromatic carbocycles. The van der Waals surface area contributed by atoms with Gasteiger partial charge in [0.1, 0.15) is 11.5 Å². The van der Waals surface area contributed by atoms with Gasteiger partial charge in [-0.05, 0) is 23.8 Å². The van der Waals surface area contributed by atoms with Gasteiger partial charge in [-0.25, -0.2) is 4.39 Å². The molecule has 0 fully saturated rings. The summed E-state index contributed by atoms with van der Waals surface area (Å²) in [6.07, 6.45) is 0. The number of rotatable bonds is 3. The first kappa shape index (κ1) is 10.6. The minimum Gasteiger partial charge on any atom is -0.380 e. The first-order chi connectivity index (χ1) is 7.70. The number of nitrogens with two attached hydrogens (primary N) is 1. The largest absolute Gasteiger partial charge is 0.380 e. The van der Waals surface area contributed by atoms with Crippen molar-refractivity contribution in [3.05, 3.63) is 35.6 Å². The molecule has 0 aliphatic carbocycles. The van der Waals surface area contributed by atoms with Crippen molar-refractivity contribution >= 4 is 5.88 Å². The average molecular weight is 222 g/mol. The van der Waals surface area contributed by atoms with Gasteiger partial charge in [-0.15, -0.1) is 0 Å². The molecule has 5 heteroatoms. The number of anilines is 1. The molecule has 0 aliphatic heterocycles. The molecule has 0 unspecified atom stereocenters. The van der Waals surface area contributed by atoms with Crippen LogP contribution in [0, 0.1) is 5.82 Å². The summed E-state index contributed by atoms with van der Waals surface area (Å²) in [4.78, 5) is 0. The van der Waals surface area contributed by atoms with Gasteiger partial charge in [-0.3, -0.25) is 0 Å². The molecule has 0 amide bonds. The van der Waals surface area contributed by atoms with E-state index < -0.39 is 0 Å². The molecule has 0 spiro atoms. The SMILES string of the molecule is COCc1cc(F)ccc1-c1cc(N)on1. The monoisotopic (exact) mass is 222 g/mol.